The molecule has 21 heavy (non-hydrogen) atoms. The zero-order valence-corrected chi connectivity index (χ0v) is 14.0. The van der Waals surface area contributed by atoms with Crippen LogP contribution in [-0.4, -0.2) is 43.4 Å². The molecule has 2 aliphatic rings. The minimum atomic E-state index is -0.586. The maximum Gasteiger partial charge on any atom is 0.175 e. The number of aliphatic hydroxyl groups is 1. The van der Waals surface area contributed by atoms with Crippen molar-refractivity contribution in [2.45, 2.75) is 37.3 Å². The maximum atomic E-state index is 10.2. The van der Waals surface area contributed by atoms with Gasteiger partial charge in [0.15, 0.2) is 17.3 Å². The molecule has 0 unspecified atom stereocenters. The first-order chi connectivity index (χ1) is 10.1. The van der Waals surface area contributed by atoms with Gasteiger partial charge in [-0.3, -0.25) is 0 Å². The topological polar surface area (TPSA) is 57.2 Å². The molecule has 0 amide bonds. The molecule has 3 rings (SSSR count). The average molecular weight is 406 g/mol. The number of aliphatic hydroxyl groups excluding tert-OH is 1. The Morgan fingerprint density at radius 2 is 2.10 bits per heavy atom. The van der Waals surface area contributed by atoms with Crippen LogP contribution in [0.15, 0.2) is 18.2 Å². The Morgan fingerprint density at radius 3 is 2.81 bits per heavy atom. The molecule has 1 aromatic rings. The first kappa shape index (κ1) is 15.3. The summed E-state index contributed by atoms with van der Waals surface area (Å²) in [6.45, 7) is 1.21. The molecule has 1 spiro atoms. The van der Waals surface area contributed by atoms with E-state index in [4.69, 9.17) is 18.9 Å². The molecule has 1 N–H and O–H groups in total. The van der Waals surface area contributed by atoms with E-state index >= 15 is 0 Å². The standard InChI is InChI=1S/C15H19IO5/c1-18-12-4-2-3-10(16)14(12)21-13-9-15(6-5-11(13)17)19-7-8-20-15/h2-4,11,13,17H,5-9H2,1H3/t11-,13+/m1/s1. The SMILES string of the molecule is COc1cccc(I)c1O[C@H]1CC2(CC[C@H]1O)OCCO2. The normalized spacial score (nSPS) is 27.8. The molecule has 0 radical (unpaired) electrons. The van der Waals surface area contributed by atoms with Gasteiger partial charge in [-0.15, -0.1) is 0 Å². The quantitative estimate of drug-likeness (QED) is 0.782. The molecule has 2 fully saturated rings. The molecular formula is C15H19IO5. The van der Waals surface area contributed by atoms with E-state index < -0.39 is 11.9 Å². The molecule has 1 aliphatic heterocycles. The van der Waals surface area contributed by atoms with Crippen molar-refractivity contribution in [3.05, 3.63) is 21.8 Å². The van der Waals surface area contributed by atoms with Crippen molar-refractivity contribution in [1.82, 2.24) is 0 Å². The fraction of sp³-hybridized carbons (Fsp3) is 0.600. The second kappa shape index (κ2) is 6.28. The zero-order valence-electron chi connectivity index (χ0n) is 11.9. The average Bonchev–Trinajstić information content (AvgIpc) is 2.93. The second-order valence-corrected chi connectivity index (χ2v) is 6.51. The van der Waals surface area contributed by atoms with Crippen LogP contribution < -0.4 is 9.47 Å². The van der Waals surface area contributed by atoms with Gasteiger partial charge < -0.3 is 24.1 Å². The highest BCUT2D eigenvalue weighted by Gasteiger charge is 2.46. The number of rotatable bonds is 3. The summed E-state index contributed by atoms with van der Waals surface area (Å²) < 4.78 is 23.8. The number of benzene rings is 1. The van der Waals surface area contributed by atoms with Crippen molar-refractivity contribution < 1.29 is 24.1 Å². The van der Waals surface area contributed by atoms with Gasteiger partial charge in [-0.05, 0) is 41.1 Å². The summed E-state index contributed by atoms with van der Waals surface area (Å²) in [4.78, 5) is 0. The lowest BCUT2D eigenvalue weighted by atomic mass is 9.89. The van der Waals surface area contributed by atoms with Gasteiger partial charge in [0, 0.05) is 12.8 Å². The van der Waals surface area contributed by atoms with Gasteiger partial charge in [0.25, 0.3) is 0 Å². The van der Waals surface area contributed by atoms with Crippen LogP contribution in [0.25, 0.3) is 0 Å². The summed E-state index contributed by atoms with van der Waals surface area (Å²) >= 11 is 2.20. The predicted molar refractivity (Wildman–Crippen MR) is 84.6 cm³/mol. The Hall–Kier alpha value is -0.570. The van der Waals surface area contributed by atoms with Crippen LogP contribution in [0.1, 0.15) is 19.3 Å². The smallest absolute Gasteiger partial charge is 0.175 e. The Labute approximate surface area is 137 Å². The minimum absolute atomic E-state index is 0.360. The third-order valence-corrected chi connectivity index (χ3v) is 4.85. The molecule has 116 valence electrons. The van der Waals surface area contributed by atoms with Gasteiger partial charge in [0.1, 0.15) is 6.10 Å². The lowest BCUT2D eigenvalue weighted by molar-refractivity contribution is -0.209. The summed E-state index contributed by atoms with van der Waals surface area (Å²) in [6.07, 6.45) is 0.959. The molecule has 1 aliphatic carbocycles. The Morgan fingerprint density at radius 1 is 1.33 bits per heavy atom. The van der Waals surface area contributed by atoms with E-state index in [0.717, 1.165) is 3.57 Å². The van der Waals surface area contributed by atoms with E-state index in [0.29, 0.717) is 44.0 Å². The third-order valence-electron chi connectivity index (χ3n) is 4.00. The highest BCUT2D eigenvalue weighted by atomic mass is 127. The van der Waals surface area contributed by atoms with Gasteiger partial charge in [0.2, 0.25) is 0 Å². The van der Waals surface area contributed by atoms with E-state index in [1.807, 2.05) is 18.2 Å². The second-order valence-electron chi connectivity index (χ2n) is 5.35. The van der Waals surface area contributed by atoms with Crippen molar-refractivity contribution in [2.75, 3.05) is 20.3 Å². The van der Waals surface area contributed by atoms with Crippen molar-refractivity contribution in [3.8, 4) is 11.5 Å². The third kappa shape index (κ3) is 3.13. The first-order valence-corrected chi connectivity index (χ1v) is 8.16. The highest BCUT2D eigenvalue weighted by Crippen LogP contribution is 2.40. The molecule has 1 aromatic carbocycles. The first-order valence-electron chi connectivity index (χ1n) is 7.09. The summed E-state index contributed by atoms with van der Waals surface area (Å²) in [5.74, 6) is 0.749. The van der Waals surface area contributed by atoms with E-state index in [9.17, 15) is 5.11 Å². The number of hydrogen-bond acceptors (Lipinski definition) is 5. The van der Waals surface area contributed by atoms with Gasteiger partial charge in [-0.1, -0.05) is 6.07 Å². The molecule has 2 atom stereocenters. The molecule has 1 heterocycles. The molecule has 1 saturated carbocycles. The number of methoxy groups -OCH3 is 1. The van der Waals surface area contributed by atoms with Crippen molar-refractivity contribution in [3.63, 3.8) is 0 Å². The highest BCUT2D eigenvalue weighted by molar-refractivity contribution is 14.1. The van der Waals surface area contributed by atoms with Crippen LogP contribution in [0.3, 0.4) is 0 Å². The monoisotopic (exact) mass is 406 g/mol. The Bertz CT molecular complexity index is 501. The largest absolute Gasteiger partial charge is 0.493 e. The summed E-state index contributed by atoms with van der Waals surface area (Å²) in [5.41, 5.74) is 0. The summed E-state index contributed by atoms with van der Waals surface area (Å²) in [6, 6.07) is 5.71. The summed E-state index contributed by atoms with van der Waals surface area (Å²) in [7, 11) is 1.61. The van der Waals surface area contributed by atoms with Crippen LogP contribution in [-0.2, 0) is 9.47 Å². The van der Waals surface area contributed by atoms with Crippen LogP contribution >= 0.6 is 22.6 Å². The predicted octanol–water partition coefficient (Wildman–Crippen LogP) is 2.34. The molecule has 5 nitrogen and oxygen atoms in total. The van der Waals surface area contributed by atoms with E-state index in [2.05, 4.69) is 22.6 Å². The Kier molecular flexibility index (Phi) is 4.58. The van der Waals surface area contributed by atoms with Gasteiger partial charge in [0.05, 0.1) is 30.0 Å². The molecule has 0 bridgehead atoms. The molecule has 6 heteroatoms. The minimum Gasteiger partial charge on any atom is -0.493 e. The van der Waals surface area contributed by atoms with Crippen LogP contribution in [0.2, 0.25) is 0 Å². The number of halogens is 1. The van der Waals surface area contributed by atoms with Crippen LogP contribution in [0.4, 0.5) is 0 Å². The number of para-hydroxylation sites is 1. The van der Waals surface area contributed by atoms with Crippen molar-refractivity contribution in [2.24, 2.45) is 0 Å². The fourth-order valence-corrected chi connectivity index (χ4v) is 3.49. The molecular weight excluding hydrogens is 387 g/mol. The fourth-order valence-electron chi connectivity index (χ4n) is 2.89. The van der Waals surface area contributed by atoms with Crippen LogP contribution in [0, 0.1) is 3.57 Å². The van der Waals surface area contributed by atoms with Gasteiger partial charge in [-0.2, -0.15) is 0 Å². The van der Waals surface area contributed by atoms with E-state index in [-0.39, 0.29) is 6.10 Å². The Balaban J connectivity index is 1.79. The summed E-state index contributed by atoms with van der Waals surface area (Å²) in [5, 5.41) is 10.2. The maximum absolute atomic E-state index is 10.2. The molecule has 1 saturated heterocycles. The van der Waals surface area contributed by atoms with E-state index in [1.165, 1.54) is 0 Å². The lowest BCUT2D eigenvalue weighted by Gasteiger charge is -2.39. The number of hydrogen-bond donors (Lipinski definition) is 1. The van der Waals surface area contributed by atoms with Crippen LogP contribution in [0.5, 0.6) is 11.5 Å². The van der Waals surface area contributed by atoms with Crippen molar-refractivity contribution in [1.29, 1.82) is 0 Å². The molecule has 0 aromatic heterocycles. The zero-order chi connectivity index (χ0) is 14.9. The lowest BCUT2D eigenvalue weighted by Crippen LogP contribution is -2.47. The van der Waals surface area contributed by atoms with Crippen molar-refractivity contribution >= 4 is 22.6 Å². The number of ether oxygens (including phenoxy) is 4. The van der Waals surface area contributed by atoms with E-state index in [1.54, 1.807) is 7.11 Å². The van der Waals surface area contributed by atoms with Gasteiger partial charge >= 0.3 is 0 Å². The van der Waals surface area contributed by atoms with Gasteiger partial charge in [-0.25, -0.2) is 0 Å².